The van der Waals surface area contributed by atoms with Crippen molar-refractivity contribution in [1.29, 1.82) is 0 Å². The molecule has 2 amide bonds. The fourth-order valence-electron chi connectivity index (χ4n) is 2.37. The zero-order chi connectivity index (χ0) is 20.5. The molecular formula is C19H23NO7S. The number of ether oxygens (including phenoxy) is 4. The van der Waals surface area contributed by atoms with Gasteiger partial charge in [-0.25, -0.2) is 4.79 Å². The molecule has 0 N–H and O–H groups in total. The second-order valence-corrected chi connectivity index (χ2v) is 6.55. The minimum atomic E-state index is -0.473. The Kier molecular flexibility index (Phi) is 8.34. The molecule has 1 saturated heterocycles. The molecule has 1 aliphatic rings. The van der Waals surface area contributed by atoms with E-state index in [1.54, 1.807) is 31.2 Å². The van der Waals surface area contributed by atoms with Gasteiger partial charge in [0.05, 0.1) is 31.3 Å². The Bertz CT molecular complexity index is 763. The first-order chi connectivity index (χ1) is 13.5. The van der Waals surface area contributed by atoms with E-state index in [1.807, 2.05) is 6.92 Å². The Morgan fingerprint density at radius 1 is 1.14 bits per heavy atom. The predicted octanol–water partition coefficient (Wildman–Crippen LogP) is 2.71. The van der Waals surface area contributed by atoms with Gasteiger partial charge in [0.25, 0.3) is 11.1 Å². The monoisotopic (exact) mass is 409 g/mol. The molecule has 0 aliphatic carbocycles. The second-order valence-electron chi connectivity index (χ2n) is 5.56. The van der Waals surface area contributed by atoms with Crippen molar-refractivity contribution >= 4 is 35.0 Å². The van der Waals surface area contributed by atoms with Crippen LogP contribution in [0.5, 0.6) is 11.5 Å². The molecule has 0 radical (unpaired) electrons. The average Bonchev–Trinajstić information content (AvgIpc) is 2.93. The number of imide groups is 1. The fourth-order valence-corrected chi connectivity index (χ4v) is 3.23. The van der Waals surface area contributed by atoms with E-state index >= 15 is 0 Å². The number of carbonyl (C=O) groups excluding carboxylic acids is 3. The van der Waals surface area contributed by atoms with Crippen LogP contribution in [0.1, 0.15) is 19.4 Å². The van der Waals surface area contributed by atoms with E-state index in [9.17, 15) is 14.4 Å². The second kappa shape index (κ2) is 10.7. The van der Waals surface area contributed by atoms with Crippen LogP contribution in [0.25, 0.3) is 6.08 Å². The molecule has 28 heavy (non-hydrogen) atoms. The van der Waals surface area contributed by atoms with Crippen LogP contribution in [0.15, 0.2) is 23.1 Å². The molecule has 0 aromatic heterocycles. The van der Waals surface area contributed by atoms with E-state index in [0.29, 0.717) is 28.6 Å². The molecule has 0 spiro atoms. The number of amides is 2. The molecule has 1 fully saturated rings. The lowest BCUT2D eigenvalue weighted by Crippen LogP contribution is -2.31. The average molecular weight is 409 g/mol. The summed E-state index contributed by atoms with van der Waals surface area (Å²) < 4.78 is 20.8. The van der Waals surface area contributed by atoms with Crippen LogP contribution in [0.4, 0.5) is 4.79 Å². The summed E-state index contributed by atoms with van der Waals surface area (Å²) in [7, 11) is 1.51. The molecule has 2 rings (SSSR count). The van der Waals surface area contributed by atoms with Gasteiger partial charge in [-0.05, 0) is 49.4 Å². The summed E-state index contributed by atoms with van der Waals surface area (Å²) in [5.74, 6) is -0.00850. The first kappa shape index (κ1) is 21.8. The van der Waals surface area contributed by atoms with Crippen molar-refractivity contribution < 1.29 is 33.3 Å². The van der Waals surface area contributed by atoms with Gasteiger partial charge in [-0.1, -0.05) is 6.07 Å². The van der Waals surface area contributed by atoms with E-state index in [-0.39, 0.29) is 37.5 Å². The molecule has 8 nitrogen and oxygen atoms in total. The van der Waals surface area contributed by atoms with Crippen LogP contribution in [-0.4, -0.2) is 62.1 Å². The summed E-state index contributed by atoms with van der Waals surface area (Å²) in [5, 5.41) is -0.326. The van der Waals surface area contributed by atoms with Crippen molar-refractivity contribution in [3.05, 3.63) is 28.7 Å². The molecular weight excluding hydrogens is 386 g/mol. The Hall–Kier alpha value is -2.52. The van der Waals surface area contributed by atoms with E-state index in [1.165, 1.54) is 7.11 Å². The van der Waals surface area contributed by atoms with Gasteiger partial charge in [0.15, 0.2) is 18.1 Å². The highest BCUT2D eigenvalue weighted by Crippen LogP contribution is 2.34. The standard InChI is InChI=1S/C19H23NO7S/c1-4-25-15-10-13(6-7-14(15)27-12-17(21)26-5-2)11-16-18(22)20(8-9-24-3)19(23)28-16/h6-7,10-11H,4-5,8-9,12H2,1-3H3/b16-11+. The number of hydrogen-bond acceptors (Lipinski definition) is 8. The van der Waals surface area contributed by atoms with Crippen molar-refractivity contribution in [2.75, 3.05) is 40.1 Å². The third kappa shape index (κ3) is 5.74. The molecule has 152 valence electrons. The third-order valence-corrected chi connectivity index (χ3v) is 4.52. The van der Waals surface area contributed by atoms with E-state index in [0.717, 1.165) is 16.7 Å². The van der Waals surface area contributed by atoms with Crippen molar-refractivity contribution in [2.45, 2.75) is 13.8 Å². The fraction of sp³-hybridized carbons (Fsp3) is 0.421. The van der Waals surface area contributed by atoms with Crippen LogP contribution in [0.3, 0.4) is 0 Å². The molecule has 1 aromatic rings. The van der Waals surface area contributed by atoms with Gasteiger partial charge in [-0.3, -0.25) is 14.5 Å². The predicted molar refractivity (Wildman–Crippen MR) is 104 cm³/mol. The maximum Gasteiger partial charge on any atom is 0.344 e. The summed E-state index contributed by atoms with van der Waals surface area (Å²) in [6, 6.07) is 5.05. The Morgan fingerprint density at radius 2 is 1.93 bits per heavy atom. The Labute approximate surface area is 167 Å². The molecule has 0 saturated carbocycles. The number of hydrogen-bond donors (Lipinski definition) is 0. The largest absolute Gasteiger partial charge is 0.490 e. The van der Waals surface area contributed by atoms with Gasteiger partial charge in [-0.2, -0.15) is 0 Å². The highest BCUT2D eigenvalue weighted by molar-refractivity contribution is 8.18. The number of rotatable bonds is 10. The van der Waals surface area contributed by atoms with Gasteiger partial charge < -0.3 is 18.9 Å². The topological polar surface area (TPSA) is 91.4 Å². The molecule has 9 heteroatoms. The summed E-state index contributed by atoms with van der Waals surface area (Å²) in [6.45, 7) is 4.48. The summed E-state index contributed by atoms with van der Waals surface area (Å²) in [6.07, 6.45) is 1.62. The molecule has 0 atom stereocenters. The van der Waals surface area contributed by atoms with Gasteiger partial charge in [0.2, 0.25) is 0 Å². The van der Waals surface area contributed by atoms with E-state index in [2.05, 4.69) is 0 Å². The zero-order valence-corrected chi connectivity index (χ0v) is 16.9. The van der Waals surface area contributed by atoms with E-state index in [4.69, 9.17) is 18.9 Å². The Morgan fingerprint density at radius 3 is 2.61 bits per heavy atom. The van der Waals surface area contributed by atoms with Crippen LogP contribution in [0.2, 0.25) is 0 Å². The summed E-state index contributed by atoms with van der Waals surface area (Å²) in [4.78, 5) is 37.3. The lowest BCUT2D eigenvalue weighted by atomic mass is 10.2. The number of methoxy groups -OCH3 is 1. The quantitative estimate of drug-likeness (QED) is 0.430. The number of nitrogens with zero attached hydrogens (tertiary/aromatic N) is 1. The number of carbonyl (C=O) groups is 3. The number of thioether (sulfide) groups is 1. The summed E-state index contributed by atoms with van der Waals surface area (Å²) >= 11 is 0.880. The highest BCUT2D eigenvalue weighted by atomic mass is 32.2. The maximum absolute atomic E-state index is 12.4. The molecule has 1 heterocycles. The number of esters is 1. The van der Waals surface area contributed by atoms with Crippen molar-refractivity contribution in [3.8, 4) is 11.5 Å². The minimum Gasteiger partial charge on any atom is -0.490 e. The lowest BCUT2D eigenvalue weighted by molar-refractivity contribution is -0.145. The SMILES string of the molecule is CCOC(=O)COc1ccc(/C=C2/SC(=O)N(CCOC)C2=O)cc1OCC. The van der Waals surface area contributed by atoms with Crippen LogP contribution < -0.4 is 9.47 Å². The highest BCUT2D eigenvalue weighted by Gasteiger charge is 2.34. The van der Waals surface area contributed by atoms with Gasteiger partial charge >= 0.3 is 5.97 Å². The molecule has 0 bridgehead atoms. The van der Waals surface area contributed by atoms with Gasteiger partial charge in [-0.15, -0.1) is 0 Å². The summed E-state index contributed by atoms with van der Waals surface area (Å²) in [5.41, 5.74) is 0.671. The number of benzene rings is 1. The first-order valence-electron chi connectivity index (χ1n) is 8.79. The van der Waals surface area contributed by atoms with Crippen LogP contribution in [-0.2, 0) is 19.1 Å². The lowest BCUT2D eigenvalue weighted by Gasteiger charge is -2.12. The third-order valence-electron chi connectivity index (χ3n) is 3.61. The molecule has 1 aliphatic heterocycles. The van der Waals surface area contributed by atoms with Crippen LogP contribution >= 0.6 is 11.8 Å². The maximum atomic E-state index is 12.4. The molecule has 0 unspecified atom stereocenters. The normalized spacial score (nSPS) is 15.2. The minimum absolute atomic E-state index is 0.212. The smallest absolute Gasteiger partial charge is 0.344 e. The van der Waals surface area contributed by atoms with Crippen LogP contribution in [0, 0.1) is 0 Å². The van der Waals surface area contributed by atoms with Crippen molar-refractivity contribution in [1.82, 2.24) is 4.90 Å². The Balaban J connectivity index is 2.16. The van der Waals surface area contributed by atoms with E-state index < -0.39 is 5.97 Å². The van der Waals surface area contributed by atoms with Crippen molar-refractivity contribution in [2.24, 2.45) is 0 Å². The molecule has 1 aromatic carbocycles. The van der Waals surface area contributed by atoms with Crippen molar-refractivity contribution in [3.63, 3.8) is 0 Å². The van der Waals surface area contributed by atoms with Gasteiger partial charge in [0.1, 0.15) is 0 Å². The zero-order valence-electron chi connectivity index (χ0n) is 16.1. The first-order valence-corrected chi connectivity index (χ1v) is 9.61. The van der Waals surface area contributed by atoms with Gasteiger partial charge in [0, 0.05) is 7.11 Å².